The van der Waals surface area contributed by atoms with Gasteiger partial charge in [0.25, 0.3) is 5.56 Å². The first-order valence-electron chi connectivity index (χ1n) is 11.8. The summed E-state index contributed by atoms with van der Waals surface area (Å²) in [7, 11) is 0. The van der Waals surface area contributed by atoms with Gasteiger partial charge in [-0.25, -0.2) is 4.98 Å². The Morgan fingerprint density at radius 3 is 2.68 bits per heavy atom. The number of ether oxygens (including phenoxy) is 1. The molecule has 2 aliphatic rings. The predicted octanol–water partition coefficient (Wildman–Crippen LogP) is 3.91. The van der Waals surface area contributed by atoms with Crippen molar-refractivity contribution in [3.05, 3.63) is 51.9 Å². The predicted molar refractivity (Wildman–Crippen MR) is 132 cm³/mol. The number of aliphatic hydroxyl groups is 1. The molecule has 0 amide bonds. The maximum atomic E-state index is 13.0. The molecule has 178 valence electrons. The fraction of sp³-hybridized carbons (Fsp3) is 0.462. The second kappa shape index (κ2) is 9.87. The molecule has 4 atom stereocenters. The van der Waals surface area contributed by atoms with Crippen molar-refractivity contribution in [3.63, 3.8) is 0 Å². The Balaban J connectivity index is 1.29. The zero-order valence-corrected chi connectivity index (χ0v) is 19.9. The molecule has 0 saturated carbocycles. The van der Waals surface area contributed by atoms with Gasteiger partial charge in [-0.1, -0.05) is 11.8 Å². The zero-order valence-electron chi connectivity index (χ0n) is 19.1. The minimum atomic E-state index is -0.723. The fourth-order valence-electron chi connectivity index (χ4n) is 5.14. The van der Waals surface area contributed by atoms with Crippen LogP contribution in [0.4, 0.5) is 4.39 Å². The number of benzene rings is 1. The molecule has 1 aromatic carbocycles. The second-order valence-corrected chi connectivity index (χ2v) is 10.1. The third-order valence-electron chi connectivity index (χ3n) is 6.65. The van der Waals surface area contributed by atoms with Crippen LogP contribution in [0, 0.1) is 11.8 Å². The van der Waals surface area contributed by atoms with E-state index >= 15 is 0 Å². The fourth-order valence-corrected chi connectivity index (χ4v) is 6.04. The van der Waals surface area contributed by atoms with Crippen molar-refractivity contribution in [1.82, 2.24) is 14.5 Å². The summed E-state index contributed by atoms with van der Waals surface area (Å²) in [5.41, 5.74) is 1.18. The van der Waals surface area contributed by atoms with Crippen molar-refractivity contribution in [1.29, 1.82) is 0 Å². The van der Waals surface area contributed by atoms with E-state index in [1.165, 1.54) is 35.1 Å². The van der Waals surface area contributed by atoms with Gasteiger partial charge in [-0.05, 0) is 69.4 Å². The Morgan fingerprint density at radius 1 is 1.26 bits per heavy atom. The summed E-state index contributed by atoms with van der Waals surface area (Å²) in [6.45, 7) is 2.19. The van der Waals surface area contributed by atoms with Gasteiger partial charge in [0.15, 0.2) is 0 Å². The first-order chi connectivity index (χ1) is 16.5. The number of halogens is 1. The van der Waals surface area contributed by atoms with Crippen molar-refractivity contribution in [3.8, 4) is 23.3 Å². The molecule has 1 N–H and O–H groups in total. The number of piperidine rings is 1. The summed E-state index contributed by atoms with van der Waals surface area (Å²) >= 11 is 1.28. The van der Waals surface area contributed by atoms with E-state index in [-0.39, 0.29) is 18.3 Å². The van der Waals surface area contributed by atoms with E-state index in [0.29, 0.717) is 33.6 Å². The number of alkyl halides is 1. The number of hydrogen-bond acceptors (Lipinski definition) is 6. The Labute approximate surface area is 202 Å². The molecule has 2 bridgehead atoms. The van der Waals surface area contributed by atoms with Gasteiger partial charge in [-0.3, -0.25) is 18.7 Å². The molecule has 0 radical (unpaired) electrons. The molecule has 2 saturated heterocycles. The van der Waals surface area contributed by atoms with Crippen LogP contribution < -0.4 is 10.3 Å². The molecular weight excluding hydrogens is 453 g/mol. The van der Waals surface area contributed by atoms with Crippen molar-refractivity contribution >= 4 is 21.6 Å². The van der Waals surface area contributed by atoms with E-state index < -0.39 is 6.10 Å². The third-order valence-corrected chi connectivity index (χ3v) is 7.68. The number of aromatic nitrogens is 2. The number of thiophene rings is 1. The highest BCUT2D eigenvalue weighted by Crippen LogP contribution is 2.37. The SMILES string of the molecule is CC(O)C#Cc1cc2ncn(-c3ccc(OC4C[C@H]5CC[C@@H](C4)N5CCCF)cc3)c(=O)c2s1. The summed E-state index contributed by atoms with van der Waals surface area (Å²) in [5, 5.41) is 9.36. The van der Waals surface area contributed by atoms with Gasteiger partial charge in [0.05, 0.1) is 22.8 Å². The molecular formula is C26H28FN3O3S. The molecule has 6 nitrogen and oxygen atoms in total. The van der Waals surface area contributed by atoms with Gasteiger partial charge in [-0.15, -0.1) is 11.3 Å². The van der Waals surface area contributed by atoms with E-state index in [4.69, 9.17) is 4.74 Å². The monoisotopic (exact) mass is 481 g/mol. The summed E-state index contributed by atoms with van der Waals surface area (Å²) in [6, 6.07) is 10.3. The van der Waals surface area contributed by atoms with Crippen molar-refractivity contribution < 1.29 is 14.2 Å². The van der Waals surface area contributed by atoms with Crippen molar-refractivity contribution in [2.24, 2.45) is 0 Å². The van der Waals surface area contributed by atoms with Gasteiger partial charge >= 0.3 is 0 Å². The van der Waals surface area contributed by atoms with E-state index in [1.807, 2.05) is 24.3 Å². The van der Waals surface area contributed by atoms with Crippen LogP contribution in [0.1, 0.15) is 43.9 Å². The molecule has 0 spiro atoms. The highest BCUT2D eigenvalue weighted by Gasteiger charge is 2.41. The van der Waals surface area contributed by atoms with Gasteiger partial charge in [-0.2, -0.15) is 0 Å². The van der Waals surface area contributed by atoms with Gasteiger partial charge in [0.2, 0.25) is 0 Å². The molecule has 2 aliphatic heterocycles. The normalized spacial score (nSPS) is 23.0. The quantitative estimate of drug-likeness (QED) is 0.541. The number of hydrogen-bond donors (Lipinski definition) is 1. The van der Waals surface area contributed by atoms with Crippen molar-refractivity contribution in [2.75, 3.05) is 13.2 Å². The number of rotatable bonds is 6. The van der Waals surface area contributed by atoms with Crippen LogP contribution in [-0.4, -0.2) is 57.1 Å². The average molecular weight is 482 g/mol. The van der Waals surface area contributed by atoms with Crippen LogP contribution in [0.5, 0.6) is 5.75 Å². The van der Waals surface area contributed by atoms with Crippen LogP contribution in [0.2, 0.25) is 0 Å². The molecule has 5 rings (SSSR count). The summed E-state index contributed by atoms with van der Waals surface area (Å²) < 4.78 is 21.0. The van der Waals surface area contributed by atoms with E-state index in [2.05, 4.69) is 21.7 Å². The van der Waals surface area contributed by atoms with Crippen LogP contribution in [0.25, 0.3) is 15.9 Å². The highest BCUT2D eigenvalue weighted by atomic mass is 32.1. The minimum Gasteiger partial charge on any atom is -0.490 e. The maximum Gasteiger partial charge on any atom is 0.275 e. The van der Waals surface area contributed by atoms with Crippen LogP contribution in [0.3, 0.4) is 0 Å². The number of aliphatic hydroxyl groups excluding tert-OH is 1. The molecule has 2 unspecified atom stereocenters. The van der Waals surface area contributed by atoms with E-state index in [1.54, 1.807) is 13.0 Å². The summed E-state index contributed by atoms with van der Waals surface area (Å²) in [4.78, 5) is 20.6. The lowest BCUT2D eigenvalue weighted by atomic mass is 9.99. The van der Waals surface area contributed by atoms with Gasteiger partial charge in [0.1, 0.15) is 29.0 Å². The minimum absolute atomic E-state index is 0.147. The largest absolute Gasteiger partial charge is 0.490 e. The number of fused-ring (bicyclic) bond motifs is 3. The zero-order chi connectivity index (χ0) is 23.7. The second-order valence-electron chi connectivity index (χ2n) is 9.06. The van der Waals surface area contributed by atoms with E-state index in [9.17, 15) is 14.3 Å². The lowest BCUT2D eigenvalue weighted by molar-refractivity contribution is 0.0478. The van der Waals surface area contributed by atoms with Gasteiger partial charge in [0, 0.05) is 18.6 Å². The summed E-state index contributed by atoms with van der Waals surface area (Å²) in [6.07, 6.45) is 5.88. The summed E-state index contributed by atoms with van der Waals surface area (Å²) in [5.74, 6) is 6.37. The molecule has 4 heterocycles. The molecule has 2 fully saturated rings. The van der Waals surface area contributed by atoms with E-state index in [0.717, 1.165) is 30.8 Å². The van der Waals surface area contributed by atoms with Crippen LogP contribution in [-0.2, 0) is 0 Å². The van der Waals surface area contributed by atoms with Crippen molar-refractivity contribution in [2.45, 2.75) is 63.3 Å². The van der Waals surface area contributed by atoms with Crippen LogP contribution in [0.15, 0.2) is 41.5 Å². The molecule has 34 heavy (non-hydrogen) atoms. The number of nitrogens with zero attached hydrogens (tertiary/aromatic N) is 3. The Hall–Kier alpha value is -2.73. The molecule has 0 aliphatic carbocycles. The Morgan fingerprint density at radius 2 is 2.00 bits per heavy atom. The van der Waals surface area contributed by atoms with Crippen LogP contribution >= 0.6 is 11.3 Å². The molecule has 2 aromatic heterocycles. The first-order valence-corrected chi connectivity index (χ1v) is 12.6. The third kappa shape index (κ3) is 4.74. The Bertz CT molecular complexity index is 1260. The topological polar surface area (TPSA) is 67.6 Å². The van der Waals surface area contributed by atoms with Gasteiger partial charge < -0.3 is 9.84 Å². The first kappa shape index (κ1) is 23.0. The lowest BCUT2D eigenvalue weighted by Gasteiger charge is -2.38. The standard InChI is InChI=1S/C26H28FN3O3S/c1-17(31)3-10-23-15-24-25(34-23)26(32)30(16-28-24)18-6-8-21(9-7-18)33-22-13-19-4-5-20(14-22)29(19)12-2-11-27/h6-9,15-17,19-20,22,31H,2,4-5,11-14H2,1H3/t17?,19-,20+,22?. The lowest BCUT2D eigenvalue weighted by Crippen LogP contribution is -2.46. The molecule has 8 heteroatoms. The highest BCUT2D eigenvalue weighted by molar-refractivity contribution is 7.19. The smallest absolute Gasteiger partial charge is 0.275 e. The maximum absolute atomic E-state index is 13.0. The average Bonchev–Trinajstić information content (AvgIpc) is 3.35. The molecule has 3 aromatic rings. The Kier molecular flexibility index (Phi) is 6.68.